The van der Waals surface area contributed by atoms with Crippen LogP contribution in [0.25, 0.3) is 0 Å². The highest BCUT2D eigenvalue weighted by molar-refractivity contribution is 7.80. The van der Waals surface area contributed by atoms with Crippen LogP contribution in [0, 0.1) is 6.92 Å². The number of fused-ring (bicyclic) bond motifs is 1. The summed E-state index contributed by atoms with van der Waals surface area (Å²) in [4.78, 5) is 2.43. The molecule has 1 heterocycles. The molecule has 1 aliphatic heterocycles. The summed E-state index contributed by atoms with van der Waals surface area (Å²) in [5.41, 5.74) is 8.87. The van der Waals surface area contributed by atoms with Crippen molar-refractivity contribution in [3.05, 3.63) is 59.2 Å². The van der Waals surface area contributed by atoms with E-state index in [2.05, 4.69) is 58.9 Å². The van der Waals surface area contributed by atoms with Gasteiger partial charge in [0, 0.05) is 24.5 Å². The molecular weight excluding hydrogens is 328 g/mol. The first-order valence-electron chi connectivity index (χ1n) is 8.70. The average Bonchev–Trinajstić information content (AvgIpc) is 2.61. The minimum atomic E-state index is 0.483. The van der Waals surface area contributed by atoms with Crippen LogP contribution in [-0.4, -0.2) is 24.4 Å². The lowest BCUT2D eigenvalue weighted by atomic mass is 9.99. The number of hydrogen-bond donors (Lipinski definition) is 2. The van der Waals surface area contributed by atoms with Gasteiger partial charge in [0.2, 0.25) is 0 Å². The molecule has 0 amide bonds. The lowest BCUT2D eigenvalue weighted by Gasteiger charge is -2.30. The van der Waals surface area contributed by atoms with Gasteiger partial charge in [0.1, 0.15) is 0 Å². The summed E-state index contributed by atoms with van der Waals surface area (Å²) in [6.07, 6.45) is 4.16. The van der Waals surface area contributed by atoms with Crippen LogP contribution in [0.15, 0.2) is 47.6 Å². The molecule has 0 aromatic heterocycles. The summed E-state index contributed by atoms with van der Waals surface area (Å²) < 4.78 is 0. The first kappa shape index (κ1) is 17.4. The van der Waals surface area contributed by atoms with Crippen LogP contribution in [0.2, 0.25) is 0 Å². The van der Waals surface area contributed by atoms with Crippen molar-refractivity contribution < 1.29 is 0 Å². The molecule has 0 saturated heterocycles. The Morgan fingerprint density at radius 1 is 1.28 bits per heavy atom. The lowest BCUT2D eigenvalue weighted by molar-refractivity contribution is 0.708. The largest absolute Gasteiger partial charge is 0.372 e. The standard InChI is InChI=1S/C20H24N4S/c1-3-24-11-5-7-17-13-16(9-10-19(17)24)14-21-23-20(25)22-18-8-4-6-15(2)12-18/h4,6,8-10,12-14H,3,5,7,11H2,1-2H3,(H2,22,23,25). The molecule has 25 heavy (non-hydrogen) atoms. The minimum absolute atomic E-state index is 0.483. The van der Waals surface area contributed by atoms with E-state index in [-0.39, 0.29) is 0 Å². The smallest absolute Gasteiger partial charge is 0.191 e. The van der Waals surface area contributed by atoms with Crippen molar-refractivity contribution >= 4 is 34.9 Å². The zero-order valence-corrected chi connectivity index (χ0v) is 15.6. The Hall–Kier alpha value is -2.40. The Labute approximate surface area is 154 Å². The molecule has 0 fully saturated rings. The van der Waals surface area contributed by atoms with E-state index in [1.54, 1.807) is 0 Å². The fourth-order valence-electron chi connectivity index (χ4n) is 3.15. The minimum Gasteiger partial charge on any atom is -0.372 e. The number of aryl methyl sites for hydroxylation is 2. The van der Waals surface area contributed by atoms with Gasteiger partial charge in [0.15, 0.2) is 5.11 Å². The lowest BCUT2D eigenvalue weighted by Crippen LogP contribution is -2.28. The molecule has 0 atom stereocenters. The Bertz CT molecular complexity index is 785. The number of anilines is 2. The Balaban J connectivity index is 1.60. The number of benzene rings is 2. The molecule has 2 aromatic rings. The van der Waals surface area contributed by atoms with Gasteiger partial charge < -0.3 is 10.2 Å². The SMILES string of the molecule is CCN1CCCc2cc(C=NNC(=S)Nc3cccc(C)c3)ccc21. The number of hydrazone groups is 1. The van der Waals surface area contributed by atoms with Gasteiger partial charge in [-0.1, -0.05) is 18.2 Å². The van der Waals surface area contributed by atoms with Gasteiger partial charge in [0.25, 0.3) is 0 Å². The van der Waals surface area contributed by atoms with Crippen molar-refractivity contribution in [3.8, 4) is 0 Å². The van der Waals surface area contributed by atoms with E-state index in [0.717, 1.165) is 30.8 Å². The average molecular weight is 353 g/mol. The number of hydrogen-bond acceptors (Lipinski definition) is 3. The molecule has 0 saturated carbocycles. The molecule has 4 nitrogen and oxygen atoms in total. The van der Waals surface area contributed by atoms with Gasteiger partial charge in [-0.15, -0.1) is 0 Å². The zero-order valence-electron chi connectivity index (χ0n) is 14.7. The fraction of sp³-hybridized carbons (Fsp3) is 0.300. The molecular formula is C20H24N4S. The van der Waals surface area contributed by atoms with Crippen molar-refractivity contribution in [3.63, 3.8) is 0 Å². The number of nitrogens with zero attached hydrogens (tertiary/aromatic N) is 2. The van der Waals surface area contributed by atoms with E-state index in [1.165, 1.54) is 23.2 Å². The van der Waals surface area contributed by atoms with Crippen molar-refractivity contribution in [2.24, 2.45) is 5.10 Å². The van der Waals surface area contributed by atoms with Crippen molar-refractivity contribution in [2.75, 3.05) is 23.3 Å². The Kier molecular flexibility index (Phi) is 5.66. The number of rotatable bonds is 4. The van der Waals surface area contributed by atoms with Gasteiger partial charge >= 0.3 is 0 Å². The van der Waals surface area contributed by atoms with Gasteiger partial charge in [-0.25, -0.2) is 0 Å². The van der Waals surface area contributed by atoms with E-state index in [0.29, 0.717) is 5.11 Å². The summed E-state index contributed by atoms with van der Waals surface area (Å²) in [5.74, 6) is 0. The molecule has 2 aromatic carbocycles. The molecule has 0 aliphatic carbocycles. The quantitative estimate of drug-likeness (QED) is 0.494. The van der Waals surface area contributed by atoms with Crippen LogP contribution in [0.4, 0.5) is 11.4 Å². The van der Waals surface area contributed by atoms with Crippen LogP contribution in [0.5, 0.6) is 0 Å². The van der Waals surface area contributed by atoms with Crippen LogP contribution in [0.3, 0.4) is 0 Å². The summed E-state index contributed by atoms with van der Waals surface area (Å²) >= 11 is 5.28. The highest BCUT2D eigenvalue weighted by atomic mass is 32.1. The molecule has 0 bridgehead atoms. The summed E-state index contributed by atoms with van der Waals surface area (Å²) in [6, 6.07) is 14.6. The van der Waals surface area contributed by atoms with Crippen molar-refractivity contribution in [1.29, 1.82) is 0 Å². The zero-order chi connectivity index (χ0) is 17.6. The third-order valence-corrected chi connectivity index (χ3v) is 4.55. The first-order chi connectivity index (χ1) is 12.2. The van der Waals surface area contributed by atoms with E-state index in [9.17, 15) is 0 Å². The predicted octanol–water partition coefficient (Wildman–Crippen LogP) is 4.09. The molecule has 130 valence electrons. The molecule has 1 aliphatic rings. The molecule has 2 N–H and O–H groups in total. The third kappa shape index (κ3) is 4.57. The van der Waals surface area contributed by atoms with E-state index in [4.69, 9.17) is 12.2 Å². The normalized spacial score (nSPS) is 13.6. The highest BCUT2D eigenvalue weighted by Gasteiger charge is 2.15. The maximum Gasteiger partial charge on any atom is 0.191 e. The maximum absolute atomic E-state index is 5.28. The predicted molar refractivity (Wildman–Crippen MR) is 111 cm³/mol. The second-order valence-electron chi connectivity index (χ2n) is 6.26. The van der Waals surface area contributed by atoms with E-state index < -0.39 is 0 Å². The second kappa shape index (κ2) is 8.12. The van der Waals surface area contributed by atoms with Crippen LogP contribution >= 0.6 is 12.2 Å². The van der Waals surface area contributed by atoms with E-state index >= 15 is 0 Å². The molecule has 3 rings (SSSR count). The number of nitrogens with one attached hydrogen (secondary N) is 2. The highest BCUT2D eigenvalue weighted by Crippen LogP contribution is 2.27. The van der Waals surface area contributed by atoms with Crippen LogP contribution < -0.4 is 15.6 Å². The van der Waals surface area contributed by atoms with Crippen LogP contribution in [0.1, 0.15) is 30.0 Å². The van der Waals surface area contributed by atoms with Gasteiger partial charge in [-0.2, -0.15) is 5.10 Å². The monoisotopic (exact) mass is 352 g/mol. The molecule has 0 spiro atoms. The number of thiocarbonyl (C=S) groups is 1. The van der Waals surface area contributed by atoms with Gasteiger partial charge in [0.05, 0.1) is 6.21 Å². The fourth-order valence-corrected chi connectivity index (χ4v) is 3.32. The summed E-state index contributed by atoms with van der Waals surface area (Å²) in [7, 11) is 0. The van der Waals surface area contributed by atoms with Gasteiger partial charge in [-0.3, -0.25) is 5.43 Å². The molecule has 0 unspecified atom stereocenters. The van der Waals surface area contributed by atoms with Gasteiger partial charge in [-0.05, 0) is 79.9 Å². The van der Waals surface area contributed by atoms with Crippen molar-refractivity contribution in [2.45, 2.75) is 26.7 Å². The summed E-state index contributed by atoms with van der Waals surface area (Å²) in [6.45, 7) is 6.46. The topological polar surface area (TPSA) is 39.7 Å². The van der Waals surface area contributed by atoms with E-state index in [1.807, 2.05) is 24.4 Å². The Morgan fingerprint density at radius 3 is 2.96 bits per heavy atom. The maximum atomic E-state index is 5.28. The summed E-state index contributed by atoms with van der Waals surface area (Å²) in [5, 5.41) is 7.87. The molecule has 5 heteroatoms. The molecule has 0 radical (unpaired) electrons. The Morgan fingerprint density at radius 2 is 2.16 bits per heavy atom. The van der Waals surface area contributed by atoms with Crippen molar-refractivity contribution in [1.82, 2.24) is 5.43 Å². The first-order valence-corrected chi connectivity index (χ1v) is 9.11. The van der Waals surface area contributed by atoms with Crippen LogP contribution in [-0.2, 0) is 6.42 Å². The third-order valence-electron chi connectivity index (χ3n) is 4.36. The second-order valence-corrected chi connectivity index (χ2v) is 6.67.